The van der Waals surface area contributed by atoms with Crippen molar-refractivity contribution in [1.29, 1.82) is 0 Å². The van der Waals surface area contributed by atoms with Crippen molar-refractivity contribution in [2.75, 3.05) is 7.11 Å². The summed E-state index contributed by atoms with van der Waals surface area (Å²) < 4.78 is 23.6. The highest BCUT2D eigenvalue weighted by atomic mass is 79.9. The van der Waals surface area contributed by atoms with Crippen LogP contribution in [0.5, 0.6) is 5.75 Å². The number of aromatic nitrogens is 2. The Balaban J connectivity index is 2.60. The lowest BCUT2D eigenvalue weighted by Crippen LogP contribution is -1.91. The lowest BCUT2D eigenvalue weighted by atomic mass is 10.2. The lowest BCUT2D eigenvalue weighted by molar-refractivity contribution is 0.399. The first-order chi connectivity index (χ1) is 7.22. The molecule has 1 aromatic heterocycles. The van der Waals surface area contributed by atoms with E-state index in [9.17, 15) is 4.39 Å². The molecule has 1 heterocycles. The third kappa shape index (κ3) is 1.85. The third-order valence-electron chi connectivity index (χ3n) is 1.81. The highest BCUT2D eigenvalue weighted by Crippen LogP contribution is 2.31. The summed E-state index contributed by atoms with van der Waals surface area (Å²) in [5.74, 6) is -0.0338. The van der Waals surface area contributed by atoms with E-state index in [0.717, 1.165) is 0 Å². The fourth-order valence-corrected chi connectivity index (χ4v) is 1.42. The number of nitrogens with zero attached hydrogens (tertiary/aromatic N) is 2. The van der Waals surface area contributed by atoms with E-state index in [1.54, 1.807) is 12.1 Å². The van der Waals surface area contributed by atoms with E-state index in [4.69, 9.17) is 9.26 Å². The van der Waals surface area contributed by atoms with Gasteiger partial charge in [-0.2, -0.15) is 4.98 Å². The van der Waals surface area contributed by atoms with Crippen LogP contribution in [-0.4, -0.2) is 17.3 Å². The maximum Gasteiger partial charge on any atom is 0.265 e. The Morgan fingerprint density at radius 2 is 2.27 bits per heavy atom. The number of benzene rings is 1. The van der Waals surface area contributed by atoms with Gasteiger partial charge in [-0.25, -0.2) is 4.39 Å². The number of hydrogen-bond donors (Lipinski definition) is 0. The van der Waals surface area contributed by atoms with Crippen LogP contribution in [0.3, 0.4) is 0 Å². The minimum atomic E-state index is -0.467. The van der Waals surface area contributed by atoms with Gasteiger partial charge in [0.05, 0.1) is 7.11 Å². The minimum Gasteiger partial charge on any atom is -0.496 e. The molecule has 0 saturated heterocycles. The number of hydrogen-bond acceptors (Lipinski definition) is 4. The van der Waals surface area contributed by atoms with Crippen LogP contribution in [0.1, 0.15) is 0 Å². The standard InChI is InChI=1S/C9H6BrFN2O2/c1-14-6-4-2-3-5(11)7(6)8-12-9(10)13-15-8/h2-4H,1H3. The zero-order chi connectivity index (χ0) is 10.8. The average molecular weight is 273 g/mol. The van der Waals surface area contributed by atoms with E-state index in [0.29, 0.717) is 5.75 Å². The van der Waals surface area contributed by atoms with Gasteiger partial charge in [0, 0.05) is 0 Å². The van der Waals surface area contributed by atoms with Crippen LogP contribution in [0.4, 0.5) is 4.39 Å². The molecule has 0 aliphatic rings. The molecule has 0 atom stereocenters. The second-order valence-corrected chi connectivity index (χ2v) is 3.39. The van der Waals surface area contributed by atoms with E-state index < -0.39 is 5.82 Å². The fraction of sp³-hybridized carbons (Fsp3) is 0.111. The Labute approximate surface area is 93.2 Å². The summed E-state index contributed by atoms with van der Waals surface area (Å²) in [6.07, 6.45) is 0. The number of halogens is 2. The van der Waals surface area contributed by atoms with Crippen molar-refractivity contribution in [3.63, 3.8) is 0 Å². The second-order valence-electron chi connectivity index (χ2n) is 2.69. The van der Waals surface area contributed by atoms with Crippen LogP contribution in [0.25, 0.3) is 11.5 Å². The van der Waals surface area contributed by atoms with Crippen molar-refractivity contribution >= 4 is 15.9 Å². The summed E-state index contributed by atoms with van der Waals surface area (Å²) in [7, 11) is 1.45. The molecule has 0 aliphatic carbocycles. The summed E-state index contributed by atoms with van der Waals surface area (Å²) in [5, 5.41) is 3.52. The van der Waals surface area contributed by atoms with Crippen LogP contribution >= 0.6 is 15.9 Å². The maximum absolute atomic E-state index is 13.5. The van der Waals surface area contributed by atoms with Gasteiger partial charge in [0.1, 0.15) is 17.1 Å². The minimum absolute atomic E-state index is 0.0804. The first kappa shape index (κ1) is 10.1. The Hall–Kier alpha value is -1.43. The predicted octanol–water partition coefficient (Wildman–Crippen LogP) is 2.65. The maximum atomic E-state index is 13.5. The molecular weight excluding hydrogens is 267 g/mol. The molecule has 0 spiro atoms. The van der Waals surface area contributed by atoms with E-state index >= 15 is 0 Å². The molecule has 0 fully saturated rings. The molecule has 2 rings (SSSR count). The summed E-state index contributed by atoms with van der Waals surface area (Å²) in [4.78, 5) is 3.87. The summed E-state index contributed by atoms with van der Waals surface area (Å²) >= 11 is 3.02. The smallest absolute Gasteiger partial charge is 0.265 e. The van der Waals surface area contributed by atoms with Crippen molar-refractivity contribution in [1.82, 2.24) is 10.1 Å². The molecule has 1 aromatic carbocycles. The molecule has 0 bridgehead atoms. The van der Waals surface area contributed by atoms with Gasteiger partial charge >= 0.3 is 0 Å². The highest BCUT2D eigenvalue weighted by molar-refractivity contribution is 9.10. The van der Waals surface area contributed by atoms with Gasteiger partial charge < -0.3 is 9.26 Å². The fourth-order valence-electron chi connectivity index (χ4n) is 1.19. The molecule has 2 aromatic rings. The van der Waals surface area contributed by atoms with Crippen LogP contribution in [0.2, 0.25) is 0 Å². The number of methoxy groups -OCH3 is 1. The molecular formula is C9H6BrFN2O2. The van der Waals surface area contributed by atoms with Gasteiger partial charge in [-0.3, -0.25) is 0 Å². The third-order valence-corrected chi connectivity index (χ3v) is 2.13. The zero-order valence-electron chi connectivity index (χ0n) is 7.70. The van der Waals surface area contributed by atoms with E-state index in [1.165, 1.54) is 13.2 Å². The molecule has 0 aliphatic heterocycles. The van der Waals surface area contributed by atoms with Gasteiger partial charge in [0.25, 0.3) is 5.89 Å². The SMILES string of the molecule is COc1cccc(F)c1-c1nc(Br)no1. The first-order valence-electron chi connectivity index (χ1n) is 4.04. The van der Waals surface area contributed by atoms with E-state index in [-0.39, 0.29) is 16.2 Å². The van der Waals surface area contributed by atoms with Gasteiger partial charge in [-0.1, -0.05) is 6.07 Å². The van der Waals surface area contributed by atoms with E-state index in [2.05, 4.69) is 26.1 Å². The molecule has 78 valence electrons. The van der Waals surface area contributed by atoms with Gasteiger partial charge in [0.15, 0.2) is 0 Å². The molecule has 0 unspecified atom stereocenters. The highest BCUT2D eigenvalue weighted by Gasteiger charge is 2.17. The average Bonchev–Trinajstić information content (AvgIpc) is 2.64. The van der Waals surface area contributed by atoms with Gasteiger partial charge in [-0.15, -0.1) is 0 Å². The molecule has 0 amide bonds. The molecule has 0 saturated carbocycles. The van der Waals surface area contributed by atoms with Crippen molar-refractivity contribution in [2.45, 2.75) is 0 Å². The van der Waals surface area contributed by atoms with Crippen molar-refractivity contribution in [3.05, 3.63) is 28.7 Å². The quantitative estimate of drug-likeness (QED) is 0.843. The molecule has 15 heavy (non-hydrogen) atoms. The second kappa shape index (κ2) is 3.98. The number of rotatable bonds is 2. The molecule has 4 nitrogen and oxygen atoms in total. The monoisotopic (exact) mass is 272 g/mol. The Bertz CT molecular complexity index is 487. The molecule has 0 N–H and O–H groups in total. The normalized spacial score (nSPS) is 10.3. The molecule has 6 heteroatoms. The summed E-state index contributed by atoms with van der Waals surface area (Å²) in [5.41, 5.74) is 0.165. The van der Waals surface area contributed by atoms with Crippen LogP contribution in [-0.2, 0) is 0 Å². The topological polar surface area (TPSA) is 48.2 Å². The van der Waals surface area contributed by atoms with Crippen molar-refractivity contribution in [3.8, 4) is 17.2 Å². The lowest BCUT2D eigenvalue weighted by Gasteiger charge is -2.04. The Kier molecular flexibility index (Phi) is 2.68. The van der Waals surface area contributed by atoms with Gasteiger partial charge in [-0.05, 0) is 33.2 Å². The van der Waals surface area contributed by atoms with E-state index in [1.807, 2.05) is 0 Å². The predicted molar refractivity (Wildman–Crippen MR) is 53.9 cm³/mol. The van der Waals surface area contributed by atoms with Gasteiger partial charge in [0.2, 0.25) is 4.73 Å². The summed E-state index contributed by atoms with van der Waals surface area (Å²) in [6.45, 7) is 0. The molecule has 0 radical (unpaired) electrons. The van der Waals surface area contributed by atoms with Crippen LogP contribution < -0.4 is 4.74 Å². The van der Waals surface area contributed by atoms with Crippen LogP contribution in [0, 0.1) is 5.82 Å². The largest absolute Gasteiger partial charge is 0.496 e. The number of ether oxygens (including phenoxy) is 1. The van der Waals surface area contributed by atoms with Crippen LogP contribution in [0.15, 0.2) is 27.5 Å². The van der Waals surface area contributed by atoms with Crippen molar-refractivity contribution in [2.24, 2.45) is 0 Å². The van der Waals surface area contributed by atoms with Crippen molar-refractivity contribution < 1.29 is 13.7 Å². The Morgan fingerprint density at radius 1 is 1.47 bits per heavy atom. The first-order valence-corrected chi connectivity index (χ1v) is 4.83. The summed E-state index contributed by atoms with van der Waals surface area (Å²) in [6, 6.07) is 4.47. The zero-order valence-corrected chi connectivity index (χ0v) is 9.28. The Morgan fingerprint density at radius 3 is 2.87 bits per heavy atom.